The summed E-state index contributed by atoms with van der Waals surface area (Å²) in [7, 11) is 0. The quantitative estimate of drug-likeness (QED) is 0.741. The monoisotopic (exact) mass is 304 g/mol. The molecule has 1 heterocycles. The summed E-state index contributed by atoms with van der Waals surface area (Å²) in [5.74, 6) is 0.621. The summed E-state index contributed by atoms with van der Waals surface area (Å²) in [4.78, 5) is 0. The highest BCUT2D eigenvalue weighted by molar-refractivity contribution is 6.33. The molecule has 20 heavy (non-hydrogen) atoms. The highest BCUT2D eigenvalue weighted by Gasteiger charge is 2.13. The van der Waals surface area contributed by atoms with Gasteiger partial charge >= 0.3 is 0 Å². The molecule has 100 valence electrons. The summed E-state index contributed by atoms with van der Waals surface area (Å²) in [6.07, 6.45) is 0. The number of hydrogen-bond acceptors (Lipinski definition) is 3. The third-order valence-corrected chi connectivity index (χ3v) is 3.62. The molecule has 3 aromatic rings. The molecule has 4 nitrogen and oxygen atoms in total. The molecule has 0 aliphatic carbocycles. The number of halogens is 2. The SMILES string of the molecule is Clc1ccccc1Cn1nnnc1-c1ccccc1Cl. The second kappa shape index (κ2) is 5.61. The van der Waals surface area contributed by atoms with Crippen molar-refractivity contribution < 1.29 is 0 Å². The summed E-state index contributed by atoms with van der Waals surface area (Å²) in [6, 6.07) is 15.1. The molecule has 0 bridgehead atoms. The molecular formula is C14H10Cl2N4. The third-order valence-electron chi connectivity index (χ3n) is 2.92. The molecule has 0 saturated heterocycles. The summed E-state index contributed by atoms with van der Waals surface area (Å²) in [5.41, 5.74) is 1.75. The van der Waals surface area contributed by atoms with Crippen LogP contribution in [0.3, 0.4) is 0 Å². The van der Waals surface area contributed by atoms with Gasteiger partial charge in [0.25, 0.3) is 0 Å². The van der Waals surface area contributed by atoms with Gasteiger partial charge in [-0.25, -0.2) is 4.68 Å². The predicted molar refractivity (Wildman–Crippen MR) is 78.8 cm³/mol. The molecule has 1 aromatic heterocycles. The Kier molecular flexibility index (Phi) is 3.67. The fourth-order valence-corrected chi connectivity index (χ4v) is 2.35. The van der Waals surface area contributed by atoms with Crippen LogP contribution in [0.15, 0.2) is 48.5 Å². The van der Waals surface area contributed by atoms with E-state index in [1.54, 1.807) is 4.68 Å². The second-order valence-electron chi connectivity index (χ2n) is 4.23. The van der Waals surface area contributed by atoms with Crippen LogP contribution in [0.4, 0.5) is 0 Å². The zero-order valence-corrected chi connectivity index (χ0v) is 11.9. The van der Waals surface area contributed by atoms with Crippen LogP contribution < -0.4 is 0 Å². The fraction of sp³-hybridized carbons (Fsp3) is 0.0714. The van der Waals surface area contributed by atoms with E-state index < -0.39 is 0 Å². The van der Waals surface area contributed by atoms with Crippen LogP contribution in [0.5, 0.6) is 0 Å². The smallest absolute Gasteiger partial charge is 0.183 e. The van der Waals surface area contributed by atoms with E-state index in [0.717, 1.165) is 11.1 Å². The minimum absolute atomic E-state index is 0.493. The topological polar surface area (TPSA) is 43.6 Å². The average molecular weight is 305 g/mol. The Bertz CT molecular complexity index is 739. The summed E-state index contributed by atoms with van der Waals surface area (Å²) < 4.78 is 1.68. The zero-order valence-electron chi connectivity index (χ0n) is 10.4. The summed E-state index contributed by atoms with van der Waals surface area (Å²) in [6.45, 7) is 0.493. The standard InChI is InChI=1S/C14H10Cl2N4/c15-12-7-3-1-5-10(12)9-20-14(17-18-19-20)11-6-2-4-8-13(11)16/h1-8H,9H2. The highest BCUT2D eigenvalue weighted by Crippen LogP contribution is 2.26. The van der Waals surface area contributed by atoms with Crippen molar-refractivity contribution in [3.05, 3.63) is 64.1 Å². The van der Waals surface area contributed by atoms with Crippen molar-refractivity contribution in [1.82, 2.24) is 20.2 Å². The van der Waals surface area contributed by atoms with Gasteiger partial charge in [-0.3, -0.25) is 0 Å². The van der Waals surface area contributed by atoms with Crippen LogP contribution in [-0.4, -0.2) is 20.2 Å². The Labute approximate surface area is 126 Å². The summed E-state index contributed by atoms with van der Waals surface area (Å²) in [5, 5.41) is 13.1. The lowest BCUT2D eigenvalue weighted by Crippen LogP contribution is -2.05. The van der Waals surface area contributed by atoms with E-state index in [9.17, 15) is 0 Å². The lowest BCUT2D eigenvalue weighted by Gasteiger charge is -2.07. The van der Waals surface area contributed by atoms with E-state index in [1.807, 2.05) is 48.5 Å². The van der Waals surface area contributed by atoms with Gasteiger partial charge in [-0.1, -0.05) is 53.5 Å². The fourth-order valence-electron chi connectivity index (χ4n) is 1.93. The first kappa shape index (κ1) is 13.1. The molecule has 0 unspecified atom stereocenters. The Morgan fingerprint density at radius 2 is 1.60 bits per heavy atom. The summed E-state index contributed by atoms with van der Waals surface area (Å²) >= 11 is 12.3. The predicted octanol–water partition coefficient (Wildman–Crippen LogP) is 3.70. The van der Waals surface area contributed by atoms with Crippen LogP contribution in [0.25, 0.3) is 11.4 Å². The van der Waals surface area contributed by atoms with Crippen molar-refractivity contribution in [2.75, 3.05) is 0 Å². The van der Waals surface area contributed by atoms with Gasteiger partial charge in [-0.05, 0) is 34.2 Å². The number of benzene rings is 2. The number of tetrazole rings is 1. The Balaban J connectivity index is 2.00. The first-order valence-corrected chi connectivity index (χ1v) is 6.76. The molecule has 0 aliphatic rings. The maximum Gasteiger partial charge on any atom is 0.183 e. The Morgan fingerprint density at radius 3 is 2.35 bits per heavy atom. The van der Waals surface area contributed by atoms with Crippen molar-refractivity contribution in [2.24, 2.45) is 0 Å². The lowest BCUT2D eigenvalue weighted by molar-refractivity contribution is 0.653. The van der Waals surface area contributed by atoms with Crippen molar-refractivity contribution in [1.29, 1.82) is 0 Å². The van der Waals surface area contributed by atoms with Crippen molar-refractivity contribution >= 4 is 23.2 Å². The molecule has 0 spiro atoms. The van der Waals surface area contributed by atoms with Gasteiger partial charge in [0.05, 0.1) is 11.6 Å². The molecule has 0 N–H and O–H groups in total. The van der Waals surface area contributed by atoms with Crippen molar-refractivity contribution in [3.63, 3.8) is 0 Å². The van der Waals surface area contributed by atoms with E-state index >= 15 is 0 Å². The zero-order chi connectivity index (χ0) is 13.9. The van der Waals surface area contributed by atoms with Gasteiger partial charge in [-0.15, -0.1) is 5.10 Å². The van der Waals surface area contributed by atoms with E-state index in [0.29, 0.717) is 22.4 Å². The maximum atomic E-state index is 6.19. The molecule has 0 aliphatic heterocycles. The molecule has 0 amide bonds. The molecule has 0 atom stereocenters. The second-order valence-corrected chi connectivity index (χ2v) is 5.05. The average Bonchev–Trinajstić information content (AvgIpc) is 2.90. The Hall–Kier alpha value is -1.91. The number of rotatable bonds is 3. The van der Waals surface area contributed by atoms with Gasteiger partial charge in [0.1, 0.15) is 0 Å². The number of aromatic nitrogens is 4. The van der Waals surface area contributed by atoms with E-state index in [2.05, 4.69) is 15.5 Å². The third kappa shape index (κ3) is 2.53. The van der Waals surface area contributed by atoms with Crippen LogP contribution in [0, 0.1) is 0 Å². The number of hydrogen-bond donors (Lipinski definition) is 0. The molecule has 3 rings (SSSR count). The normalized spacial score (nSPS) is 10.7. The lowest BCUT2D eigenvalue weighted by atomic mass is 10.2. The number of nitrogens with zero attached hydrogens (tertiary/aromatic N) is 4. The van der Waals surface area contributed by atoms with E-state index in [-0.39, 0.29) is 0 Å². The van der Waals surface area contributed by atoms with Crippen molar-refractivity contribution in [2.45, 2.75) is 6.54 Å². The minimum atomic E-state index is 0.493. The van der Waals surface area contributed by atoms with Crippen molar-refractivity contribution in [3.8, 4) is 11.4 Å². The molecule has 0 radical (unpaired) electrons. The molecule has 0 saturated carbocycles. The molecule has 6 heteroatoms. The van der Waals surface area contributed by atoms with Gasteiger partial charge < -0.3 is 0 Å². The van der Waals surface area contributed by atoms with Crippen LogP contribution in [-0.2, 0) is 6.54 Å². The maximum absolute atomic E-state index is 6.19. The largest absolute Gasteiger partial charge is 0.221 e. The molecule has 2 aromatic carbocycles. The van der Waals surface area contributed by atoms with Gasteiger partial charge in [0.15, 0.2) is 5.82 Å². The van der Waals surface area contributed by atoms with Gasteiger partial charge in [0.2, 0.25) is 0 Å². The molecule has 0 fully saturated rings. The van der Waals surface area contributed by atoms with Crippen LogP contribution >= 0.6 is 23.2 Å². The van der Waals surface area contributed by atoms with Gasteiger partial charge in [0, 0.05) is 10.6 Å². The highest BCUT2D eigenvalue weighted by atomic mass is 35.5. The van der Waals surface area contributed by atoms with E-state index in [1.165, 1.54) is 0 Å². The van der Waals surface area contributed by atoms with Crippen LogP contribution in [0.1, 0.15) is 5.56 Å². The van der Waals surface area contributed by atoms with Gasteiger partial charge in [-0.2, -0.15) is 0 Å². The first-order valence-electron chi connectivity index (χ1n) is 6.00. The van der Waals surface area contributed by atoms with E-state index in [4.69, 9.17) is 23.2 Å². The van der Waals surface area contributed by atoms with Crippen LogP contribution in [0.2, 0.25) is 10.0 Å². The first-order chi connectivity index (χ1) is 9.75. The Morgan fingerprint density at radius 1 is 0.900 bits per heavy atom. The minimum Gasteiger partial charge on any atom is -0.221 e. The molecular weight excluding hydrogens is 295 g/mol.